The van der Waals surface area contributed by atoms with Gasteiger partial charge >= 0.3 is 0 Å². The summed E-state index contributed by atoms with van der Waals surface area (Å²) in [4.78, 5) is 23.3. The minimum absolute atomic E-state index is 0.221. The van der Waals surface area contributed by atoms with Crippen LogP contribution in [0.2, 0.25) is 0 Å². The molecule has 0 atom stereocenters. The summed E-state index contributed by atoms with van der Waals surface area (Å²) in [7, 11) is 1.75. The smallest absolute Gasteiger partial charge is 0.274 e. The Morgan fingerprint density at radius 3 is 2.33 bits per heavy atom. The minimum atomic E-state index is -0.221. The van der Waals surface area contributed by atoms with Crippen molar-refractivity contribution in [2.45, 2.75) is 6.54 Å². The van der Waals surface area contributed by atoms with Crippen LogP contribution < -0.4 is 0 Å². The van der Waals surface area contributed by atoms with E-state index >= 15 is 0 Å². The summed E-state index contributed by atoms with van der Waals surface area (Å²) >= 11 is 0. The Morgan fingerprint density at radius 1 is 0.909 bits per heavy atom. The third-order valence-electron chi connectivity index (χ3n) is 5.21. The molecule has 0 aliphatic heterocycles. The van der Waals surface area contributed by atoms with Crippen molar-refractivity contribution in [3.05, 3.63) is 109 Å². The average Bonchev–Trinajstić information content (AvgIpc) is 3.56. The molecule has 162 valence electrons. The molecule has 0 bridgehead atoms. The first-order valence-electron chi connectivity index (χ1n) is 10.5. The van der Waals surface area contributed by atoms with E-state index in [4.69, 9.17) is 5.10 Å². The summed E-state index contributed by atoms with van der Waals surface area (Å²) in [5.74, 6) is 0.329. The summed E-state index contributed by atoms with van der Waals surface area (Å²) in [5.41, 5.74) is 3.98. The summed E-state index contributed by atoms with van der Waals surface area (Å²) < 4.78 is 3.43. The van der Waals surface area contributed by atoms with Crippen LogP contribution in [0.15, 0.2) is 97.7 Å². The molecule has 0 saturated heterocycles. The highest BCUT2D eigenvalue weighted by Gasteiger charge is 2.19. The zero-order valence-electron chi connectivity index (χ0n) is 18.0. The van der Waals surface area contributed by atoms with Gasteiger partial charge in [0.05, 0.1) is 23.8 Å². The third kappa shape index (κ3) is 4.27. The lowest BCUT2D eigenvalue weighted by atomic mass is 10.1. The van der Waals surface area contributed by atoms with Gasteiger partial charge in [0.25, 0.3) is 5.91 Å². The van der Waals surface area contributed by atoms with E-state index in [0.29, 0.717) is 12.4 Å². The predicted octanol–water partition coefficient (Wildman–Crippen LogP) is 3.79. The van der Waals surface area contributed by atoms with E-state index in [1.54, 1.807) is 35.1 Å². The lowest BCUT2D eigenvalue weighted by Gasteiger charge is -2.16. The van der Waals surface area contributed by atoms with E-state index < -0.39 is 0 Å². The molecule has 0 radical (unpaired) electrons. The number of carbonyl (C=O) groups is 1. The molecule has 0 unspecified atom stereocenters. The number of hydrogen-bond donors (Lipinski definition) is 0. The van der Waals surface area contributed by atoms with Crippen LogP contribution >= 0.6 is 0 Å². The van der Waals surface area contributed by atoms with Gasteiger partial charge in [0.2, 0.25) is 0 Å². The molecule has 8 nitrogen and oxygen atoms in total. The molecule has 0 N–H and O–H groups in total. The molecule has 8 heteroatoms. The molecule has 0 fully saturated rings. The van der Waals surface area contributed by atoms with E-state index in [0.717, 1.165) is 22.5 Å². The molecule has 0 aliphatic carbocycles. The van der Waals surface area contributed by atoms with Gasteiger partial charge in [-0.3, -0.25) is 4.79 Å². The molecular formula is C25H21N7O. The van der Waals surface area contributed by atoms with E-state index in [1.165, 1.54) is 12.4 Å². The first kappa shape index (κ1) is 20.3. The van der Waals surface area contributed by atoms with Crippen molar-refractivity contribution in [1.29, 1.82) is 0 Å². The highest BCUT2D eigenvalue weighted by Crippen LogP contribution is 2.25. The maximum absolute atomic E-state index is 13.0. The first-order chi connectivity index (χ1) is 16.2. The number of amides is 1. The molecule has 5 aromatic rings. The van der Waals surface area contributed by atoms with Crippen molar-refractivity contribution in [2.75, 3.05) is 7.05 Å². The van der Waals surface area contributed by atoms with Crippen LogP contribution in [0.5, 0.6) is 0 Å². The van der Waals surface area contributed by atoms with Crippen LogP contribution in [-0.2, 0) is 6.54 Å². The lowest BCUT2D eigenvalue weighted by molar-refractivity contribution is 0.0779. The van der Waals surface area contributed by atoms with Gasteiger partial charge in [-0.2, -0.15) is 10.2 Å². The van der Waals surface area contributed by atoms with Gasteiger partial charge in [0, 0.05) is 43.3 Å². The van der Waals surface area contributed by atoms with Crippen molar-refractivity contribution in [2.24, 2.45) is 0 Å². The van der Waals surface area contributed by atoms with Gasteiger partial charge in [-0.1, -0.05) is 48.5 Å². The zero-order chi connectivity index (χ0) is 22.6. The molecular weight excluding hydrogens is 414 g/mol. The van der Waals surface area contributed by atoms with E-state index in [1.807, 2.05) is 71.5 Å². The van der Waals surface area contributed by atoms with Crippen LogP contribution in [0.1, 0.15) is 16.1 Å². The summed E-state index contributed by atoms with van der Waals surface area (Å²) in [6.07, 6.45) is 8.41. The topological polar surface area (TPSA) is 81.7 Å². The summed E-state index contributed by atoms with van der Waals surface area (Å²) in [6, 6.07) is 21.7. The van der Waals surface area contributed by atoms with Gasteiger partial charge < -0.3 is 4.90 Å². The van der Waals surface area contributed by atoms with E-state index in [-0.39, 0.29) is 11.6 Å². The maximum atomic E-state index is 13.0. The molecule has 33 heavy (non-hydrogen) atoms. The second kappa shape index (κ2) is 8.88. The number of nitrogens with zero attached hydrogens (tertiary/aromatic N) is 7. The van der Waals surface area contributed by atoms with Gasteiger partial charge in [-0.15, -0.1) is 0 Å². The quantitative estimate of drug-likeness (QED) is 0.405. The molecule has 0 saturated carbocycles. The second-order valence-corrected chi connectivity index (χ2v) is 7.52. The third-order valence-corrected chi connectivity index (χ3v) is 5.21. The SMILES string of the molecule is CN(Cc1cn(-c2ccccc2)nc1-c1ccccc1)C(=O)c1cnc(-n2cccn2)cn1. The Labute approximate surface area is 190 Å². The monoisotopic (exact) mass is 435 g/mol. The van der Waals surface area contributed by atoms with Gasteiger partial charge in [-0.05, 0) is 18.2 Å². The van der Waals surface area contributed by atoms with E-state index in [9.17, 15) is 4.79 Å². The number of carbonyl (C=O) groups excluding carboxylic acids is 1. The molecule has 5 rings (SSSR count). The van der Waals surface area contributed by atoms with Crippen LogP contribution in [-0.4, -0.2) is 47.4 Å². The largest absolute Gasteiger partial charge is 0.336 e. The van der Waals surface area contributed by atoms with Crippen molar-refractivity contribution < 1.29 is 4.79 Å². The highest BCUT2D eigenvalue weighted by molar-refractivity contribution is 5.91. The number of para-hydroxylation sites is 1. The van der Waals surface area contributed by atoms with Crippen molar-refractivity contribution in [1.82, 2.24) is 34.4 Å². The Bertz CT molecular complexity index is 1350. The fourth-order valence-electron chi connectivity index (χ4n) is 3.55. The Hall–Kier alpha value is -4.59. The molecule has 3 aromatic heterocycles. The minimum Gasteiger partial charge on any atom is -0.336 e. The zero-order valence-corrected chi connectivity index (χ0v) is 18.0. The number of rotatable bonds is 6. The molecule has 0 aliphatic rings. The number of aromatic nitrogens is 6. The Morgan fingerprint density at radius 2 is 1.67 bits per heavy atom. The Balaban J connectivity index is 1.42. The fraction of sp³-hybridized carbons (Fsp3) is 0.0800. The van der Waals surface area contributed by atoms with Crippen LogP contribution in [0.3, 0.4) is 0 Å². The summed E-state index contributed by atoms with van der Waals surface area (Å²) in [6.45, 7) is 0.373. The maximum Gasteiger partial charge on any atom is 0.274 e. The van der Waals surface area contributed by atoms with Crippen LogP contribution in [0, 0.1) is 0 Å². The second-order valence-electron chi connectivity index (χ2n) is 7.52. The fourth-order valence-corrected chi connectivity index (χ4v) is 3.55. The standard InChI is InChI=1S/C25H21N7O/c1-30(25(33)22-15-27-23(16-26-22)31-14-8-13-28-31)17-20-18-32(21-11-6-3-7-12-21)29-24(20)19-9-4-2-5-10-19/h2-16,18H,17H2,1H3. The predicted molar refractivity (Wildman–Crippen MR) is 124 cm³/mol. The molecule has 2 aromatic carbocycles. The van der Waals surface area contributed by atoms with Gasteiger partial charge in [0.15, 0.2) is 5.82 Å². The lowest BCUT2D eigenvalue weighted by Crippen LogP contribution is -2.27. The van der Waals surface area contributed by atoms with Crippen molar-refractivity contribution in [3.63, 3.8) is 0 Å². The Kier molecular flexibility index (Phi) is 5.47. The van der Waals surface area contributed by atoms with Crippen LogP contribution in [0.4, 0.5) is 0 Å². The summed E-state index contributed by atoms with van der Waals surface area (Å²) in [5, 5.41) is 8.94. The van der Waals surface area contributed by atoms with Crippen LogP contribution in [0.25, 0.3) is 22.8 Å². The first-order valence-corrected chi connectivity index (χ1v) is 10.5. The highest BCUT2D eigenvalue weighted by atomic mass is 16.2. The van der Waals surface area contributed by atoms with Crippen molar-refractivity contribution in [3.8, 4) is 22.8 Å². The van der Waals surface area contributed by atoms with Crippen molar-refractivity contribution >= 4 is 5.91 Å². The van der Waals surface area contributed by atoms with E-state index in [2.05, 4.69) is 15.1 Å². The van der Waals surface area contributed by atoms with Gasteiger partial charge in [0.1, 0.15) is 5.69 Å². The molecule has 1 amide bonds. The number of benzene rings is 2. The normalized spacial score (nSPS) is 10.8. The molecule has 0 spiro atoms. The van der Waals surface area contributed by atoms with Gasteiger partial charge in [-0.25, -0.2) is 19.3 Å². The average molecular weight is 435 g/mol. The number of hydrogen-bond acceptors (Lipinski definition) is 5. The molecule has 3 heterocycles.